The molecular weight excluding hydrogens is 299 g/mol. The summed E-state index contributed by atoms with van der Waals surface area (Å²) in [7, 11) is 0. The number of rotatable bonds is 4. The fourth-order valence-corrected chi connectivity index (χ4v) is 2.22. The third-order valence-electron chi connectivity index (χ3n) is 3.33. The zero-order valence-corrected chi connectivity index (χ0v) is 12.2. The molecule has 122 valence electrons. The monoisotopic (exact) mass is 317 g/mol. The van der Waals surface area contributed by atoms with Gasteiger partial charge in [0.25, 0.3) is 0 Å². The first-order chi connectivity index (χ1) is 10.4. The summed E-state index contributed by atoms with van der Waals surface area (Å²) in [6.07, 6.45) is -3.36. The number of nitrogens with zero attached hydrogens (tertiary/aromatic N) is 4. The van der Waals surface area contributed by atoms with Crippen molar-refractivity contribution in [1.82, 2.24) is 20.2 Å². The molecule has 1 N–H and O–H groups in total. The van der Waals surface area contributed by atoms with Gasteiger partial charge < -0.3 is 10.2 Å². The van der Waals surface area contributed by atoms with Crippen LogP contribution >= 0.6 is 0 Å². The van der Waals surface area contributed by atoms with Crippen molar-refractivity contribution in [3.05, 3.63) is 18.0 Å². The molecule has 1 aliphatic rings. The molecule has 0 saturated carbocycles. The second-order valence-corrected chi connectivity index (χ2v) is 4.96. The maximum Gasteiger partial charge on any atom is 0.433 e. The molecule has 9 heteroatoms. The molecule has 1 saturated heterocycles. The first-order valence-corrected chi connectivity index (χ1v) is 7.04. The van der Waals surface area contributed by atoms with Crippen molar-refractivity contribution < 1.29 is 18.0 Å². The van der Waals surface area contributed by atoms with Crippen LogP contribution in [0.5, 0.6) is 0 Å². The van der Waals surface area contributed by atoms with E-state index in [2.05, 4.69) is 15.3 Å². The summed E-state index contributed by atoms with van der Waals surface area (Å²) in [5, 5.41) is 2.72. The molecule has 22 heavy (non-hydrogen) atoms. The van der Waals surface area contributed by atoms with Gasteiger partial charge in [-0.05, 0) is 13.0 Å². The second-order valence-electron chi connectivity index (χ2n) is 4.96. The highest BCUT2D eigenvalue weighted by Gasteiger charge is 2.33. The summed E-state index contributed by atoms with van der Waals surface area (Å²) in [6.45, 7) is 4.86. The Hall–Kier alpha value is -1.90. The van der Waals surface area contributed by atoms with Crippen molar-refractivity contribution in [3.63, 3.8) is 0 Å². The predicted molar refractivity (Wildman–Crippen MR) is 74.4 cm³/mol. The molecule has 0 radical (unpaired) electrons. The molecule has 2 rings (SSSR count). The van der Waals surface area contributed by atoms with E-state index in [9.17, 15) is 18.0 Å². The molecule has 0 bridgehead atoms. The highest BCUT2D eigenvalue weighted by Crippen LogP contribution is 2.28. The van der Waals surface area contributed by atoms with Gasteiger partial charge in [-0.25, -0.2) is 9.97 Å². The van der Waals surface area contributed by atoms with Crippen LogP contribution in [0.15, 0.2) is 12.3 Å². The summed E-state index contributed by atoms with van der Waals surface area (Å²) in [4.78, 5) is 22.6. The van der Waals surface area contributed by atoms with E-state index >= 15 is 0 Å². The van der Waals surface area contributed by atoms with E-state index in [1.165, 1.54) is 0 Å². The molecule has 0 spiro atoms. The lowest BCUT2D eigenvalue weighted by Gasteiger charge is -2.34. The minimum absolute atomic E-state index is 0.0498. The van der Waals surface area contributed by atoms with Gasteiger partial charge in [-0.2, -0.15) is 13.2 Å². The molecular formula is C13H18F3N5O. The van der Waals surface area contributed by atoms with Crippen molar-refractivity contribution in [3.8, 4) is 0 Å². The summed E-state index contributed by atoms with van der Waals surface area (Å²) in [5.41, 5.74) is -0.942. The van der Waals surface area contributed by atoms with E-state index in [1.807, 2.05) is 11.8 Å². The van der Waals surface area contributed by atoms with Crippen LogP contribution in [-0.2, 0) is 11.0 Å². The number of amides is 1. The normalized spacial score (nSPS) is 16.6. The largest absolute Gasteiger partial charge is 0.433 e. The quantitative estimate of drug-likeness (QED) is 0.888. The lowest BCUT2D eigenvalue weighted by atomic mass is 10.3. The number of halogens is 3. The van der Waals surface area contributed by atoms with Gasteiger partial charge in [-0.3, -0.25) is 9.69 Å². The smallest absolute Gasteiger partial charge is 0.355 e. The molecule has 1 amide bonds. The Morgan fingerprint density at radius 2 is 2.00 bits per heavy atom. The average molecular weight is 317 g/mol. The van der Waals surface area contributed by atoms with Crippen molar-refractivity contribution in [2.45, 2.75) is 13.1 Å². The van der Waals surface area contributed by atoms with Crippen LogP contribution in [0.4, 0.5) is 19.1 Å². The molecule has 0 aromatic carbocycles. The van der Waals surface area contributed by atoms with Crippen LogP contribution in [0.25, 0.3) is 0 Å². The predicted octanol–water partition coefficient (Wildman–Crippen LogP) is 0.754. The van der Waals surface area contributed by atoms with Crippen LogP contribution in [0.2, 0.25) is 0 Å². The summed E-state index contributed by atoms with van der Waals surface area (Å²) >= 11 is 0. The molecule has 1 aliphatic heterocycles. The first-order valence-electron chi connectivity index (χ1n) is 7.04. The van der Waals surface area contributed by atoms with Crippen LogP contribution in [0.1, 0.15) is 12.6 Å². The Bertz CT molecular complexity index is 515. The zero-order chi connectivity index (χ0) is 16.2. The Morgan fingerprint density at radius 3 is 2.59 bits per heavy atom. The van der Waals surface area contributed by atoms with Gasteiger partial charge in [0.2, 0.25) is 11.9 Å². The summed E-state index contributed by atoms with van der Waals surface area (Å²) < 4.78 is 38.0. The fraction of sp³-hybridized carbons (Fsp3) is 0.615. The number of piperazine rings is 1. The third-order valence-corrected chi connectivity index (χ3v) is 3.33. The van der Waals surface area contributed by atoms with Crippen LogP contribution in [0, 0.1) is 0 Å². The Balaban J connectivity index is 1.93. The van der Waals surface area contributed by atoms with Crippen molar-refractivity contribution in [2.24, 2.45) is 0 Å². The standard InChI is InChI=1S/C13H18F3N5O/c1-2-17-11(22)9-20-5-7-21(8-6-20)12-18-4-3-10(19-12)13(14,15)16/h3-4H,2,5-9H2,1H3,(H,17,22). The number of anilines is 1. The highest BCUT2D eigenvalue weighted by molar-refractivity contribution is 5.77. The van der Waals surface area contributed by atoms with Gasteiger partial charge >= 0.3 is 6.18 Å². The maximum atomic E-state index is 12.7. The van der Waals surface area contributed by atoms with E-state index < -0.39 is 11.9 Å². The van der Waals surface area contributed by atoms with Gasteiger partial charge in [-0.15, -0.1) is 0 Å². The highest BCUT2D eigenvalue weighted by atomic mass is 19.4. The number of carbonyl (C=O) groups excluding carboxylic acids is 1. The van der Waals surface area contributed by atoms with E-state index in [0.717, 1.165) is 12.3 Å². The molecule has 1 fully saturated rings. The van der Waals surface area contributed by atoms with Gasteiger partial charge in [-0.1, -0.05) is 0 Å². The number of aromatic nitrogens is 2. The zero-order valence-electron chi connectivity index (χ0n) is 12.2. The Morgan fingerprint density at radius 1 is 1.32 bits per heavy atom. The maximum absolute atomic E-state index is 12.7. The summed E-state index contributed by atoms with van der Waals surface area (Å²) in [5.74, 6) is 0.0266. The first kappa shape index (κ1) is 16.5. The average Bonchev–Trinajstić information content (AvgIpc) is 2.47. The number of likely N-dealkylation sites (N-methyl/N-ethyl adjacent to an activating group) is 1. The molecule has 1 aromatic rings. The van der Waals surface area contributed by atoms with Crippen LogP contribution in [0.3, 0.4) is 0 Å². The topological polar surface area (TPSA) is 61.4 Å². The summed E-state index contributed by atoms with van der Waals surface area (Å²) in [6, 6.07) is 0.856. The van der Waals surface area contributed by atoms with Gasteiger partial charge in [0.15, 0.2) is 0 Å². The van der Waals surface area contributed by atoms with Gasteiger partial charge in [0.1, 0.15) is 5.69 Å². The Kier molecular flexibility index (Phi) is 5.17. The lowest BCUT2D eigenvalue weighted by molar-refractivity contribution is -0.141. The number of alkyl halides is 3. The van der Waals surface area contributed by atoms with Gasteiger partial charge in [0.05, 0.1) is 6.54 Å². The van der Waals surface area contributed by atoms with E-state index in [0.29, 0.717) is 39.3 Å². The number of carbonyl (C=O) groups is 1. The minimum Gasteiger partial charge on any atom is -0.355 e. The fourth-order valence-electron chi connectivity index (χ4n) is 2.22. The van der Waals surface area contributed by atoms with E-state index in [1.54, 1.807) is 4.90 Å². The van der Waals surface area contributed by atoms with Crippen LogP contribution < -0.4 is 10.2 Å². The van der Waals surface area contributed by atoms with Gasteiger partial charge in [0, 0.05) is 38.9 Å². The SMILES string of the molecule is CCNC(=O)CN1CCN(c2nccc(C(F)(F)F)n2)CC1. The second kappa shape index (κ2) is 6.91. The molecule has 0 unspecified atom stereocenters. The molecule has 6 nitrogen and oxygen atoms in total. The minimum atomic E-state index is -4.47. The molecule has 1 aromatic heterocycles. The van der Waals surface area contributed by atoms with E-state index in [4.69, 9.17) is 0 Å². The number of hydrogen-bond donors (Lipinski definition) is 1. The van der Waals surface area contributed by atoms with Crippen LogP contribution in [-0.4, -0.2) is 60.0 Å². The van der Waals surface area contributed by atoms with Crippen molar-refractivity contribution in [1.29, 1.82) is 0 Å². The van der Waals surface area contributed by atoms with E-state index in [-0.39, 0.29) is 11.9 Å². The Labute approximate surface area is 126 Å². The number of hydrogen-bond acceptors (Lipinski definition) is 5. The number of nitrogens with one attached hydrogen (secondary N) is 1. The molecule has 0 atom stereocenters. The van der Waals surface area contributed by atoms with Crippen molar-refractivity contribution >= 4 is 11.9 Å². The molecule has 2 heterocycles. The molecule has 0 aliphatic carbocycles. The third kappa shape index (κ3) is 4.30. The lowest BCUT2D eigenvalue weighted by Crippen LogP contribution is -2.50. The van der Waals surface area contributed by atoms with Crippen molar-refractivity contribution in [2.75, 3.05) is 44.2 Å².